The molecule has 0 saturated carbocycles. The summed E-state index contributed by atoms with van der Waals surface area (Å²) in [4.78, 5) is 5.09. The summed E-state index contributed by atoms with van der Waals surface area (Å²) < 4.78 is 4.72. The van der Waals surface area contributed by atoms with Crippen LogP contribution in [0, 0.1) is 0 Å². The molecule has 0 aliphatic carbocycles. The van der Waals surface area contributed by atoms with Crippen LogP contribution in [-0.4, -0.2) is 14.1 Å². The summed E-state index contributed by atoms with van der Waals surface area (Å²) in [5, 5.41) is 6.15. The SMILES string of the molecule is c1ccc(-c2c(-c3ccccc3)n(-c3ccc4ccccc4c3)c3ccc4cc(-c5ccc(-c6nc7ccccc7n6-c6ccccc6)cc5)ccc4c23)cc1. The topological polar surface area (TPSA) is 22.8 Å². The first-order chi connectivity index (χ1) is 27.8. The van der Waals surface area contributed by atoms with Gasteiger partial charge in [-0.25, -0.2) is 4.98 Å². The molecule has 0 amide bonds. The molecular formula is C53H35N3. The van der Waals surface area contributed by atoms with Crippen molar-refractivity contribution in [3.63, 3.8) is 0 Å². The van der Waals surface area contributed by atoms with Crippen LogP contribution in [0.3, 0.4) is 0 Å². The molecule has 0 aliphatic heterocycles. The first kappa shape index (κ1) is 32.0. The highest BCUT2D eigenvalue weighted by molar-refractivity contribution is 6.19. The zero-order valence-electron chi connectivity index (χ0n) is 30.5. The van der Waals surface area contributed by atoms with Gasteiger partial charge in [-0.15, -0.1) is 0 Å². The summed E-state index contributed by atoms with van der Waals surface area (Å²) in [5.41, 5.74) is 13.7. The Morgan fingerprint density at radius 2 is 0.964 bits per heavy atom. The largest absolute Gasteiger partial charge is 0.309 e. The highest BCUT2D eigenvalue weighted by atomic mass is 15.1. The number of nitrogens with zero attached hydrogens (tertiary/aromatic N) is 3. The second-order valence-electron chi connectivity index (χ2n) is 14.4. The number of benzene rings is 9. The van der Waals surface area contributed by atoms with Crippen molar-refractivity contribution in [3.05, 3.63) is 212 Å². The average molecular weight is 714 g/mol. The smallest absolute Gasteiger partial charge is 0.145 e. The van der Waals surface area contributed by atoms with Crippen molar-refractivity contribution in [3.8, 4) is 56.3 Å². The van der Waals surface area contributed by atoms with E-state index in [4.69, 9.17) is 4.98 Å². The van der Waals surface area contributed by atoms with Crippen molar-refractivity contribution in [2.45, 2.75) is 0 Å². The minimum atomic E-state index is 0.934. The van der Waals surface area contributed by atoms with Crippen LogP contribution in [0.2, 0.25) is 0 Å². The second-order valence-corrected chi connectivity index (χ2v) is 14.4. The van der Waals surface area contributed by atoms with Crippen LogP contribution < -0.4 is 0 Å². The lowest BCUT2D eigenvalue weighted by molar-refractivity contribution is 1.10. The van der Waals surface area contributed by atoms with Crippen LogP contribution >= 0.6 is 0 Å². The van der Waals surface area contributed by atoms with E-state index in [2.05, 4.69) is 221 Å². The third-order valence-corrected chi connectivity index (χ3v) is 11.1. The van der Waals surface area contributed by atoms with E-state index in [-0.39, 0.29) is 0 Å². The summed E-state index contributed by atoms with van der Waals surface area (Å²) in [6, 6.07) is 76.4. The summed E-state index contributed by atoms with van der Waals surface area (Å²) in [6.07, 6.45) is 0. The van der Waals surface area contributed by atoms with Gasteiger partial charge < -0.3 is 4.57 Å². The van der Waals surface area contributed by atoms with Crippen molar-refractivity contribution in [2.75, 3.05) is 0 Å². The zero-order valence-corrected chi connectivity index (χ0v) is 30.5. The molecule has 0 atom stereocenters. The summed E-state index contributed by atoms with van der Waals surface area (Å²) >= 11 is 0. The van der Waals surface area contributed by atoms with Gasteiger partial charge in [0.15, 0.2) is 0 Å². The summed E-state index contributed by atoms with van der Waals surface area (Å²) in [7, 11) is 0. The van der Waals surface area contributed by atoms with Gasteiger partial charge in [-0.05, 0) is 92.3 Å². The van der Waals surface area contributed by atoms with Crippen LogP contribution in [0.4, 0.5) is 0 Å². The van der Waals surface area contributed by atoms with E-state index in [0.717, 1.165) is 33.8 Å². The Labute approximate surface area is 325 Å². The zero-order chi connectivity index (χ0) is 37.0. The van der Waals surface area contributed by atoms with E-state index >= 15 is 0 Å². The number of rotatable bonds is 6. The van der Waals surface area contributed by atoms with Crippen LogP contribution in [-0.2, 0) is 0 Å². The van der Waals surface area contributed by atoms with E-state index in [0.29, 0.717) is 0 Å². The number of hydrogen-bond acceptors (Lipinski definition) is 1. The van der Waals surface area contributed by atoms with Crippen molar-refractivity contribution >= 4 is 43.5 Å². The lowest BCUT2D eigenvalue weighted by Gasteiger charge is -2.14. The third-order valence-electron chi connectivity index (χ3n) is 11.1. The molecule has 11 aromatic rings. The van der Waals surface area contributed by atoms with Gasteiger partial charge >= 0.3 is 0 Å². The molecule has 3 nitrogen and oxygen atoms in total. The summed E-state index contributed by atoms with van der Waals surface area (Å²) in [5.74, 6) is 0.934. The Kier molecular flexibility index (Phi) is 7.49. The minimum absolute atomic E-state index is 0.934. The molecule has 0 unspecified atom stereocenters. The van der Waals surface area contributed by atoms with E-state index in [1.165, 1.54) is 66.0 Å². The molecule has 2 heterocycles. The Morgan fingerprint density at radius 3 is 1.75 bits per heavy atom. The Balaban J connectivity index is 1.09. The van der Waals surface area contributed by atoms with Gasteiger partial charge in [-0.2, -0.15) is 0 Å². The third kappa shape index (κ3) is 5.25. The minimum Gasteiger partial charge on any atom is -0.309 e. The Hall–Kier alpha value is -7.49. The molecule has 0 N–H and O–H groups in total. The average Bonchev–Trinajstić information content (AvgIpc) is 3.84. The van der Waals surface area contributed by atoms with Crippen LogP contribution in [0.1, 0.15) is 0 Å². The lowest BCUT2D eigenvalue weighted by Crippen LogP contribution is -1.97. The van der Waals surface area contributed by atoms with E-state index in [9.17, 15) is 0 Å². The second kappa shape index (κ2) is 13.1. The molecule has 0 fully saturated rings. The fourth-order valence-corrected chi connectivity index (χ4v) is 8.51. The fraction of sp³-hybridized carbons (Fsp3) is 0. The van der Waals surface area contributed by atoms with Crippen LogP contribution in [0.25, 0.3) is 99.8 Å². The molecule has 262 valence electrons. The van der Waals surface area contributed by atoms with Gasteiger partial charge in [0, 0.05) is 27.9 Å². The molecule has 11 rings (SSSR count). The number of aromatic nitrogens is 3. The van der Waals surface area contributed by atoms with Gasteiger partial charge in [0.05, 0.1) is 22.2 Å². The summed E-state index contributed by atoms with van der Waals surface area (Å²) in [6.45, 7) is 0. The van der Waals surface area contributed by atoms with Crippen molar-refractivity contribution < 1.29 is 0 Å². The predicted octanol–water partition coefficient (Wildman–Crippen LogP) is 13.9. The monoisotopic (exact) mass is 713 g/mol. The molecule has 0 saturated heterocycles. The van der Waals surface area contributed by atoms with E-state index < -0.39 is 0 Å². The quantitative estimate of drug-likeness (QED) is 0.168. The standard InChI is InChI=1S/C53H35N3/c1-4-15-38(16-5-1)50-51-46-32-29-42(37-24-26-40(27-25-37)53-54-47-22-12-13-23-48(47)56(53)44-20-8-3-9-21-44)34-43(46)30-33-49(51)55(52(50)39-17-6-2-7-18-39)45-31-28-36-14-10-11-19-41(36)35-45/h1-35H. The number of fused-ring (bicyclic) bond motifs is 5. The van der Waals surface area contributed by atoms with Crippen molar-refractivity contribution in [1.82, 2.24) is 14.1 Å². The van der Waals surface area contributed by atoms with E-state index in [1.807, 2.05) is 0 Å². The maximum absolute atomic E-state index is 5.09. The van der Waals surface area contributed by atoms with Crippen LogP contribution in [0.15, 0.2) is 212 Å². The van der Waals surface area contributed by atoms with Gasteiger partial charge in [0.2, 0.25) is 0 Å². The number of para-hydroxylation sites is 3. The van der Waals surface area contributed by atoms with E-state index in [1.54, 1.807) is 0 Å². The highest BCUT2D eigenvalue weighted by Gasteiger charge is 2.23. The first-order valence-corrected chi connectivity index (χ1v) is 19.1. The van der Waals surface area contributed by atoms with Crippen molar-refractivity contribution in [1.29, 1.82) is 0 Å². The molecule has 0 spiro atoms. The molecule has 9 aromatic carbocycles. The van der Waals surface area contributed by atoms with Gasteiger partial charge in [-0.1, -0.05) is 164 Å². The maximum Gasteiger partial charge on any atom is 0.145 e. The predicted molar refractivity (Wildman–Crippen MR) is 235 cm³/mol. The Bertz CT molecular complexity index is 3210. The van der Waals surface area contributed by atoms with Crippen LogP contribution in [0.5, 0.6) is 0 Å². The normalized spacial score (nSPS) is 11.6. The fourth-order valence-electron chi connectivity index (χ4n) is 8.51. The van der Waals surface area contributed by atoms with Crippen molar-refractivity contribution in [2.24, 2.45) is 0 Å². The first-order valence-electron chi connectivity index (χ1n) is 19.1. The molecule has 0 radical (unpaired) electrons. The molecule has 3 heteroatoms. The van der Waals surface area contributed by atoms with Gasteiger partial charge in [0.25, 0.3) is 0 Å². The van der Waals surface area contributed by atoms with Gasteiger partial charge in [0.1, 0.15) is 5.82 Å². The lowest BCUT2D eigenvalue weighted by atomic mass is 9.93. The molecular weight excluding hydrogens is 679 g/mol. The maximum atomic E-state index is 5.09. The Morgan fingerprint density at radius 1 is 0.339 bits per heavy atom. The molecule has 0 aliphatic rings. The molecule has 56 heavy (non-hydrogen) atoms. The molecule has 0 bridgehead atoms. The number of imidazole rings is 1. The molecule has 2 aromatic heterocycles. The highest BCUT2D eigenvalue weighted by Crippen LogP contribution is 2.46. The van der Waals surface area contributed by atoms with Gasteiger partial charge in [-0.3, -0.25) is 4.57 Å². The number of hydrogen-bond donors (Lipinski definition) is 0.